The van der Waals surface area contributed by atoms with E-state index < -0.39 is 0 Å². The van der Waals surface area contributed by atoms with E-state index in [1.54, 1.807) is 7.11 Å². The molecule has 2 aromatic heterocycles. The van der Waals surface area contributed by atoms with Crippen molar-refractivity contribution in [2.24, 2.45) is 0 Å². The Balaban J connectivity index is 1.45. The molecule has 0 aliphatic carbocycles. The van der Waals surface area contributed by atoms with Gasteiger partial charge >= 0.3 is 0 Å². The number of aryl methyl sites for hydroxylation is 4. The molecule has 0 amide bonds. The van der Waals surface area contributed by atoms with Gasteiger partial charge in [-0.2, -0.15) is 0 Å². The van der Waals surface area contributed by atoms with Crippen molar-refractivity contribution in [1.29, 1.82) is 0 Å². The molecule has 6 nitrogen and oxygen atoms in total. The summed E-state index contributed by atoms with van der Waals surface area (Å²) in [7, 11) is 1.67. The van der Waals surface area contributed by atoms with Crippen LogP contribution in [0.25, 0.3) is 5.69 Å². The SMILES string of the molecule is COc1ccc(CCn2c(C)cc(C(=O)CSc3nnc(C)n3-c3ccc(C)cc3)c2C)cc1. The fraction of sp³-hybridized carbons (Fsp3) is 0.296. The molecule has 0 N–H and O–H groups in total. The van der Waals surface area contributed by atoms with Gasteiger partial charge in [0.2, 0.25) is 0 Å². The Kier molecular flexibility index (Phi) is 7.22. The van der Waals surface area contributed by atoms with E-state index in [9.17, 15) is 4.79 Å². The van der Waals surface area contributed by atoms with Crippen LogP contribution in [0.3, 0.4) is 0 Å². The first-order valence-corrected chi connectivity index (χ1v) is 12.3. The van der Waals surface area contributed by atoms with Crippen LogP contribution in [0.5, 0.6) is 5.75 Å². The number of aromatic nitrogens is 4. The van der Waals surface area contributed by atoms with E-state index >= 15 is 0 Å². The van der Waals surface area contributed by atoms with Gasteiger partial charge in [0, 0.05) is 29.2 Å². The van der Waals surface area contributed by atoms with Crippen molar-refractivity contribution in [1.82, 2.24) is 19.3 Å². The lowest BCUT2D eigenvalue weighted by atomic mass is 10.1. The molecule has 0 bridgehead atoms. The Morgan fingerprint density at radius 1 is 0.971 bits per heavy atom. The predicted octanol–water partition coefficient (Wildman–Crippen LogP) is 5.53. The summed E-state index contributed by atoms with van der Waals surface area (Å²) in [5.74, 6) is 2.07. The van der Waals surface area contributed by atoms with Gasteiger partial charge in [-0.15, -0.1) is 10.2 Å². The molecule has 4 aromatic rings. The Morgan fingerprint density at radius 2 is 1.68 bits per heavy atom. The Bertz CT molecular complexity index is 1290. The number of carbonyl (C=O) groups is 1. The molecule has 0 atom stereocenters. The molecule has 4 rings (SSSR count). The first-order chi connectivity index (χ1) is 16.4. The average Bonchev–Trinajstić information content (AvgIpc) is 3.35. The van der Waals surface area contributed by atoms with Crippen molar-refractivity contribution in [3.8, 4) is 11.4 Å². The second kappa shape index (κ2) is 10.3. The number of hydrogen-bond acceptors (Lipinski definition) is 5. The van der Waals surface area contributed by atoms with Crippen molar-refractivity contribution in [3.63, 3.8) is 0 Å². The number of Topliss-reactive ketones (excluding diaryl/α,β-unsaturated/α-hetero) is 1. The van der Waals surface area contributed by atoms with E-state index in [-0.39, 0.29) is 5.78 Å². The third-order valence-electron chi connectivity index (χ3n) is 6.08. The highest BCUT2D eigenvalue weighted by Crippen LogP contribution is 2.25. The summed E-state index contributed by atoms with van der Waals surface area (Å²) >= 11 is 1.43. The van der Waals surface area contributed by atoms with Crippen molar-refractivity contribution in [2.45, 2.75) is 45.8 Å². The van der Waals surface area contributed by atoms with Crippen molar-refractivity contribution in [2.75, 3.05) is 12.9 Å². The van der Waals surface area contributed by atoms with E-state index in [2.05, 4.69) is 52.9 Å². The quantitative estimate of drug-likeness (QED) is 0.236. The van der Waals surface area contributed by atoms with E-state index in [0.29, 0.717) is 5.75 Å². The van der Waals surface area contributed by atoms with Crippen LogP contribution in [0.15, 0.2) is 59.8 Å². The molecule has 176 valence electrons. The molecule has 0 saturated carbocycles. The highest BCUT2D eigenvalue weighted by Gasteiger charge is 2.18. The van der Waals surface area contributed by atoms with Gasteiger partial charge in [-0.05, 0) is 70.0 Å². The summed E-state index contributed by atoms with van der Waals surface area (Å²) in [4.78, 5) is 13.1. The van der Waals surface area contributed by atoms with Crippen molar-refractivity contribution >= 4 is 17.5 Å². The normalized spacial score (nSPS) is 11.1. The molecule has 7 heteroatoms. The van der Waals surface area contributed by atoms with Crippen LogP contribution >= 0.6 is 11.8 Å². The van der Waals surface area contributed by atoms with Gasteiger partial charge in [-0.1, -0.05) is 41.6 Å². The van der Waals surface area contributed by atoms with E-state index in [1.807, 2.05) is 48.7 Å². The molecular weight excluding hydrogens is 444 g/mol. The lowest BCUT2D eigenvalue weighted by Gasteiger charge is -2.11. The maximum Gasteiger partial charge on any atom is 0.196 e. The number of thioether (sulfide) groups is 1. The van der Waals surface area contributed by atoms with Gasteiger partial charge in [-0.3, -0.25) is 9.36 Å². The van der Waals surface area contributed by atoms with Crippen molar-refractivity contribution in [3.05, 3.63) is 88.5 Å². The van der Waals surface area contributed by atoms with Gasteiger partial charge in [0.15, 0.2) is 10.9 Å². The van der Waals surface area contributed by atoms with Gasteiger partial charge in [0.25, 0.3) is 0 Å². The molecule has 2 heterocycles. The third kappa shape index (κ3) is 5.09. The standard InChI is InChI=1S/C27H30N4O2S/c1-18-6-10-23(11-7-18)31-21(4)28-29-27(31)34-17-26(32)25-16-19(2)30(20(25)3)15-14-22-8-12-24(33-5)13-9-22/h6-13,16H,14-15,17H2,1-5H3. The molecule has 0 aliphatic rings. The largest absolute Gasteiger partial charge is 0.497 e. The summed E-state index contributed by atoms with van der Waals surface area (Å²) in [5, 5.41) is 9.27. The molecule has 34 heavy (non-hydrogen) atoms. The Hall–Kier alpha value is -3.32. The third-order valence-corrected chi connectivity index (χ3v) is 7.01. The van der Waals surface area contributed by atoms with Crippen LogP contribution in [-0.2, 0) is 13.0 Å². The molecule has 2 aromatic carbocycles. The van der Waals surface area contributed by atoms with Crippen LogP contribution < -0.4 is 4.74 Å². The number of carbonyl (C=O) groups excluding carboxylic acids is 1. The molecule has 0 fully saturated rings. The Morgan fingerprint density at radius 3 is 2.35 bits per heavy atom. The highest BCUT2D eigenvalue weighted by molar-refractivity contribution is 7.99. The van der Waals surface area contributed by atoms with Crippen LogP contribution in [0.1, 0.15) is 38.7 Å². The van der Waals surface area contributed by atoms with E-state index in [1.165, 1.54) is 22.9 Å². The van der Waals surface area contributed by atoms with E-state index in [4.69, 9.17) is 4.74 Å². The van der Waals surface area contributed by atoms with Gasteiger partial charge in [0.05, 0.1) is 12.9 Å². The first kappa shape index (κ1) is 23.8. The number of ether oxygens (including phenoxy) is 1. The number of methoxy groups -OCH3 is 1. The second-order valence-corrected chi connectivity index (χ2v) is 9.39. The van der Waals surface area contributed by atoms with E-state index in [0.717, 1.165) is 52.3 Å². The topological polar surface area (TPSA) is 61.9 Å². The summed E-state index contributed by atoms with van der Waals surface area (Å²) in [6.07, 6.45) is 0.891. The molecule has 0 aliphatic heterocycles. The zero-order valence-electron chi connectivity index (χ0n) is 20.3. The first-order valence-electron chi connectivity index (χ1n) is 11.3. The second-order valence-electron chi connectivity index (χ2n) is 8.45. The minimum Gasteiger partial charge on any atom is -0.497 e. The highest BCUT2D eigenvalue weighted by atomic mass is 32.2. The fourth-order valence-electron chi connectivity index (χ4n) is 4.10. The molecule has 0 spiro atoms. The fourth-order valence-corrected chi connectivity index (χ4v) is 4.98. The minimum atomic E-state index is 0.102. The maximum absolute atomic E-state index is 13.1. The number of hydrogen-bond donors (Lipinski definition) is 0. The van der Waals surface area contributed by atoms with Crippen LogP contribution in [0, 0.1) is 27.7 Å². The number of rotatable bonds is 9. The number of ketones is 1. The number of nitrogens with zero attached hydrogens (tertiary/aromatic N) is 4. The monoisotopic (exact) mass is 474 g/mol. The molecule has 0 unspecified atom stereocenters. The Labute approximate surface area is 205 Å². The van der Waals surface area contributed by atoms with Crippen LogP contribution in [-0.4, -0.2) is 38.0 Å². The van der Waals surface area contributed by atoms with Gasteiger partial charge in [0.1, 0.15) is 11.6 Å². The van der Waals surface area contributed by atoms with Gasteiger partial charge in [-0.25, -0.2) is 0 Å². The summed E-state index contributed by atoms with van der Waals surface area (Å²) in [6, 6.07) is 18.4. The summed E-state index contributed by atoms with van der Waals surface area (Å²) in [6.45, 7) is 8.89. The summed E-state index contributed by atoms with van der Waals surface area (Å²) < 4.78 is 9.46. The lowest BCUT2D eigenvalue weighted by Crippen LogP contribution is -2.09. The maximum atomic E-state index is 13.1. The molecule has 0 radical (unpaired) electrons. The minimum absolute atomic E-state index is 0.102. The number of benzene rings is 2. The smallest absolute Gasteiger partial charge is 0.196 e. The molecule has 0 saturated heterocycles. The predicted molar refractivity (Wildman–Crippen MR) is 136 cm³/mol. The lowest BCUT2D eigenvalue weighted by molar-refractivity contribution is 0.102. The van der Waals surface area contributed by atoms with Crippen molar-refractivity contribution < 1.29 is 9.53 Å². The van der Waals surface area contributed by atoms with Crippen LogP contribution in [0.4, 0.5) is 0 Å². The summed E-state index contributed by atoms with van der Waals surface area (Å²) in [5.41, 5.74) is 6.31. The molecular formula is C27H30N4O2S. The van der Waals surface area contributed by atoms with Gasteiger partial charge < -0.3 is 9.30 Å². The van der Waals surface area contributed by atoms with Crippen LogP contribution in [0.2, 0.25) is 0 Å². The zero-order chi connectivity index (χ0) is 24.2. The average molecular weight is 475 g/mol. The zero-order valence-corrected chi connectivity index (χ0v) is 21.1.